The average molecular weight is 291 g/mol. The molecule has 1 fully saturated rings. The number of piperidine rings is 1. The Balaban J connectivity index is 1.61. The van der Waals surface area contributed by atoms with Crippen LogP contribution in [0.25, 0.3) is 0 Å². The van der Waals surface area contributed by atoms with Crippen molar-refractivity contribution < 1.29 is 5.11 Å². The molecule has 0 radical (unpaired) electrons. The minimum absolute atomic E-state index is 0.309. The van der Waals surface area contributed by atoms with E-state index < -0.39 is 0 Å². The molecule has 21 heavy (non-hydrogen) atoms. The van der Waals surface area contributed by atoms with Crippen molar-refractivity contribution in [3.05, 3.63) is 17.7 Å². The maximum absolute atomic E-state index is 9.41. The standard InChI is InChI=1S/C17H29N3O/c1-13(2)19-7-5-14(6-8-19)9-17-18-10-16-4-3-15(12-21)11-20(16)17/h10,13-15,21H,3-9,11-12H2,1-2H3. The van der Waals surface area contributed by atoms with Gasteiger partial charge in [-0.2, -0.15) is 0 Å². The van der Waals surface area contributed by atoms with Crippen LogP contribution in [0.4, 0.5) is 0 Å². The highest BCUT2D eigenvalue weighted by Gasteiger charge is 2.25. The van der Waals surface area contributed by atoms with Crippen LogP contribution in [0.15, 0.2) is 6.20 Å². The van der Waals surface area contributed by atoms with Crippen LogP contribution < -0.4 is 0 Å². The molecule has 0 aliphatic carbocycles. The largest absolute Gasteiger partial charge is 0.396 e. The summed E-state index contributed by atoms with van der Waals surface area (Å²) in [6.07, 6.45) is 7.95. The van der Waals surface area contributed by atoms with Gasteiger partial charge >= 0.3 is 0 Å². The Labute approximate surface area is 128 Å². The maximum Gasteiger partial charge on any atom is 0.109 e. The van der Waals surface area contributed by atoms with Gasteiger partial charge in [0, 0.05) is 43.4 Å². The number of rotatable bonds is 4. The van der Waals surface area contributed by atoms with Crippen molar-refractivity contribution in [2.45, 2.75) is 58.5 Å². The van der Waals surface area contributed by atoms with Gasteiger partial charge in [-0.05, 0) is 58.5 Å². The van der Waals surface area contributed by atoms with Gasteiger partial charge in [-0.15, -0.1) is 0 Å². The zero-order valence-electron chi connectivity index (χ0n) is 13.5. The average Bonchev–Trinajstić information content (AvgIpc) is 2.90. The van der Waals surface area contributed by atoms with Crippen LogP contribution in [-0.4, -0.2) is 45.3 Å². The molecule has 3 rings (SSSR count). The van der Waals surface area contributed by atoms with E-state index >= 15 is 0 Å². The van der Waals surface area contributed by atoms with Crippen molar-refractivity contribution in [2.24, 2.45) is 11.8 Å². The molecule has 0 spiro atoms. The lowest BCUT2D eigenvalue weighted by atomic mass is 9.92. The summed E-state index contributed by atoms with van der Waals surface area (Å²) in [4.78, 5) is 7.27. The van der Waals surface area contributed by atoms with Crippen LogP contribution >= 0.6 is 0 Å². The summed E-state index contributed by atoms with van der Waals surface area (Å²) in [5, 5.41) is 9.41. The van der Waals surface area contributed by atoms with Gasteiger partial charge < -0.3 is 14.6 Å². The molecule has 2 aliphatic heterocycles. The molecule has 118 valence electrons. The maximum atomic E-state index is 9.41. The monoisotopic (exact) mass is 291 g/mol. The first-order chi connectivity index (χ1) is 10.2. The van der Waals surface area contributed by atoms with Crippen molar-refractivity contribution in [2.75, 3.05) is 19.7 Å². The van der Waals surface area contributed by atoms with Gasteiger partial charge in [0.2, 0.25) is 0 Å². The normalized spacial score (nSPS) is 24.5. The topological polar surface area (TPSA) is 41.3 Å². The highest BCUT2D eigenvalue weighted by molar-refractivity contribution is 5.09. The van der Waals surface area contributed by atoms with E-state index in [1.54, 1.807) is 0 Å². The zero-order chi connectivity index (χ0) is 14.8. The third-order valence-electron chi connectivity index (χ3n) is 5.38. The van der Waals surface area contributed by atoms with E-state index in [9.17, 15) is 5.11 Å². The van der Waals surface area contributed by atoms with Gasteiger partial charge in [0.25, 0.3) is 0 Å². The van der Waals surface area contributed by atoms with Crippen molar-refractivity contribution in [1.29, 1.82) is 0 Å². The molecule has 4 nitrogen and oxygen atoms in total. The van der Waals surface area contributed by atoms with E-state index in [2.05, 4.69) is 34.5 Å². The van der Waals surface area contributed by atoms with E-state index in [-0.39, 0.29) is 0 Å². The number of nitrogens with zero attached hydrogens (tertiary/aromatic N) is 3. The van der Waals surface area contributed by atoms with Crippen LogP contribution in [0.1, 0.15) is 44.6 Å². The summed E-state index contributed by atoms with van der Waals surface area (Å²) in [6, 6.07) is 0.676. The fourth-order valence-electron chi connectivity index (χ4n) is 3.82. The summed E-state index contributed by atoms with van der Waals surface area (Å²) in [6.45, 7) is 8.32. The van der Waals surface area contributed by atoms with E-state index in [1.165, 1.54) is 37.4 Å². The van der Waals surface area contributed by atoms with Crippen LogP contribution in [0.2, 0.25) is 0 Å². The highest BCUT2D eigenvalue weighted by Crippen LogP contribution is 2.26. The summed E-state index contributed by atoms with van der Waals surface area (Å²) in [5.74, 6) is 2.46. The molecular formula is C17H29N3O. The number of hydrogen-bond donors (Lipinski definition) is 1. The molecule has 3 heterocycles. The minimum Gasteiger partial charge on any atom is -0.396 e. The lowest BCUT2D eigenvalue weighted by Crippen LogP contribution is -2.39. The van der Waals surface area contributed by atoms with Crippen molar-refractivity contribution in [1.82, 2.24) is 14.5 Å². The molecule has 0 bridgehead atoms. The predicted octanol–water partition coefficient (Wildman–Crippen LogP) is 2.10. The second kappa shape index (κ2) is 6.49. The van der Waals surface area contributed by atoms with Crippen LogP contribution in [-0.2, 0) is 19.4 Å². The first-order valence-corrected chi connectivity index (χ1v) is 8.55. The third-order valence-corrected chi connectivity index (χ3v) is 5.38. The van der Waals surface area contributed by atoms with E-state index in [1.807, 2.05) is 0 Å². The lowest BCUT2D eigenvalue weighted by Gasteiger charge is -2.34. The molecule has 1 aromatic rings. The van der Waals surface area contributed by atoms with Crippen LogP contribution in [0, 0.1) is 11.8 Å². The van der Waals surface area contributed by atoms with E-state index in [4.69, 9.17) is 0 Å². The smallest absolute Gasteiger partial charge is 0.109 e. The summed E-state index contributed by atoms with van der Waals surface area (Å²) in [5.41, 5.74) is 1.37. The Hall–Kier alpha value is -0.870. The van der Waals surface area contributed by atoms with Crippen molar-refractivity contribution in [3.8, 4) is 0 Å². The highest BCUT2D eigenvalue weighted by atomic mass is 16.3. The van der Waals surface area contributed by atoms with Gasteiger partial charge in [-0.1, -0.05) is 0 Å². The Morgan fingerprint density at radius 2 is 2.00 bits per heavy atom. The molecule has 2 aliphatic rings. The minimum atomic E-state index is 0.309. The Morgan fingerprint density at radius 1 is 1.24 bits per heavy atom. The number of aliphatic hydroxyl groups is 1. The van der Waals surface area contributed by atoms with Crippen LogP contribution in [0.3, 0.4) is 0 Å². The lowest BCUT2D eigenvalue weighted by molar-refractivity contribution is 0.147. The second-order valence-corrected chi connectivity index (χ2v) is 7.14. The first kappa shape index (κ1) is 15.0. The summed E-state index contributed by atoms with van der Waals surface area (Å²) in [7, 11) is 0. The van der Waals surface area contributed by atoms with Gasteiger partial charge in [0.1, 0.15) is 5.82 Å². The number of likely N-dealkylation sites (tertiary alicyclic amines) is 1. The van der Waals surface area contributed by atoms with Gasteiger partial charge in [-0.3, -0.25) is 0 Å². The van der Waals surface area contributed by atoms with Crippen molar-refractivity contribution in [3.63, 3.8) is 0 Å². The first-order valence-electron chi connectivity index (χ1n) is 8.55. The number of imidazole rings is 1. The number of aromatic nitrogens is 2. The van der Waals surface area contributed by atoms with Gasteiger partial charge in [0.05, 0.1) is 0 Å². The fourth-order valence-corrected chi connectivity index (χ4v) is 3.82. The molecule has 0 saturated carbocycles. The zero-order valence-corrected chi connectivity index (χ0v) is 13.5. The molecular weight excluding hydrogens is 262 g/mol. The molecule has 1 N–H and O–H groups in total. The molecule has 1 aromatic heterocycles. The Bertz CT molecular complexity index is 461. The SMILES string of the molecule is CC(C)N1CCC(Cc2ncc3n2CC(CO)CC3)CC1. The number of aryl methyl sites for hydroxylation is 1. The van der Waals surface area contributed by atoms with E-state index in [0.717, 1.165) is 31.7 Å². The van der Waals surface area contributed by atoms with Crippen LogP contribution in [0.5, 0.6) is 0 Å². The van der Waals surface area contributed by atoms with E-state index in [0.29, 0.717) is 18.6 Å². The number of aliphatic hydroxyl groups excluding tert-OH is 1. The number of hydrogen-bond acceptors (Lipinski definition) is 3. The predicted molar refractivity (Wildman–Crippen MR) is 84.3 cm³/mol. The van der Waals surface area contributed by atoms with Gasteiger partial charge in [0.15, 0.2) is 0 Å². The Morgan fingerprint density at radius 3 is 2.67 bits per heavy atom. The Kier molecular flexibility index (Phi) is 4.65. The molecule has 0 amide bonds. The molecule has 4 heteroatoms. The molecule has 1 unspecified atom stereocenters. The number of fused-ring (bicyclic) bond motifs is 1. The summed E-state index contributed by atoms with van der Waals surface area (Å²) >= 11 is 0. The fraction of sp³-hybridized carbons (Fsp3) is 0.824. The van der Waals surface area contributed by atoms with Crippen molar-refractivity contribution >= 4 is 0 Å². The van der Waals surface area contributed by atoms with Gasteiger partial charge in [-0.25, -0.2) is 4.98 Å². The molecule has 1 saturated heterocycles. The third kappa shape index (κ3) is 3.32. The quantitative estimate of drug-likeness (QED) is 0.923. The molecule has 0 aromatic carbocycles. The molecule has 1 atom stereocenters. The summed E-state index contributed by atoms with van der Waals surface area (Å²) < 4.78 is 2.39. The second-order valence-electron chi connectivity index (χ2n) is 7.14.